The number of para-hydroxylation sites is 1. The fourth-order valence-electron chi connectivity index (χ4n) is 4.73. The monoisotopic (exact) mass is 513 g/mol. The Morgan fingerprint density at radius 2 is 1.90 bits per heavy atom. The number of fused-ring (bicyclic) bond motifs is 3. The lowest BCUT2D eigenvalue weighted by Crippen LogP contribution is -2.41. The molecule has 2 aliphatic rings. The summed E-state index contributed by atoms with van der Waals surface area (Å²) in [7, 11) is 2.16. The van der Waals surface area contributed by atoms with Gasteiger partial charge in [-0.15, -0.1) is 0 Å². The number of ketones is 1. The molecule has 0 N–H and O–H groups in total. The van der Waals surface area contributed by atoms with Crippen LogP contribution < -0.4 is 4.74 Å². The van der Waals surface area contributed by atoms with Gasteiger partial charge in [0.25, 0.3) is 0 Å². The molecule has 2 heterocycles. The number of likely N-dealkylation sites (N-methyl/N-ethyl adjacent to an activating group) is 1. The molecule has 154 valence electrons. The number of rotatable bonds is 4. The minimum atomic E-state index is 0.208. The Morgan fingerprint density at radius 1 is 1.13 bits per heavy atom. The predicted octanol–water partition coefficient (Wildman–Crippen LogP) is 4.68. The van der Waals surface area contributed by atoms with Crippen molar-refractivity contribution < 1.29 is 9.53 Å². The largest absolute Gasteiger partial charge is 0.487 e. The SMILES string of the molecule is CN1CCC2CC(=O)c3c(COc4ccccc4)nn(-c4ccc(I)cc4)c3C2C1. The van der Waals surface area contributed by atoms with E-state index in [0.29, 0.717) is 24.9 Å². The second kappa shape index (κ2) is 8.15. The molecule has 1 fully saturated rings. The summed E-state index contributed by atoms with van der Waals surface area (Å²) < 4.78 is 9.17. The average molecular weight is 513 g/mol. The van der Waals surface area contributed by atoms with Crippen LogP contribution in [0.1, 0.15) is 40.5 Å². The minimum absolute atomic E-state index is 0.208. The van der Waals surface area contributed by atoms with E-state index in [-0.39, 0.29) is 5.78 Å². The maximum Gasteiger partial charge on any atom is 0.167 e. The number of hydrogen-bond donors (Lipinski definition) is 0. The first-order valence-corrected chi connectivity index (χ1v) is 11.5. The van der Waals surface area contributed by atoms with Gasteiger partial charge in [0.15, 0.2) is 5.78 Å². The molecule has 0 spiro atoms. The van der Waals surface area contributed by atoms with Crippen LogP contribution in [0.5, 0.6) is 5.75 Å². The van der Waals surface area contributed by atoms with Crippen molar-refractivity contribution in [1.29, 1.82) is 0 Å². The second-order valence-electron chi connectivity index (χ2n) is 8.24. The van der Waals surface area contributed by atoms with Gasteiger partial charge in [-0.3, -0.25) is 4.79 Å². The van der Waals surface area contributed by atoms with Crippen molar-refractivity contribution in [2.24, 2.45) is 5.92 Å². The molecule has 3 aromatic rings. The van der Waals surface area contributed by atoms with E-state index in [4.69, 9.17) is 9.84 Å². The fourth-order valence-corrected chi connectivity index (χ4v) is 5.09. The van der Waals surface area contributed by atoms with Gasteiger partial charge in [0.2, 0.25) is 0 Å². The van der Waals surface area contributed by atoms with Gasteiger partial charge >= 0.3 is 0 Å². The number of halogens is 1. The summed E-state index contributed by atoms with van der Waals surface area (Å²) >= 11 is 2.31. The highest BCUT2D eigenvalue weighted by atomic mass is 127. The molecular formula is C24H24IN3O2. The molecule has 1 aliphatic heterocycles. The van der Waals surface area contributed by atoms with Gasteiger partial charge in [-0.2, -0.15) is 5.10 Å². The van der Waals surface area contributed by atoms with Gasteiger partial charge in [0.1, 0.15) is 18.1 Å². The lowest BCUT2D eigenvalue weighted by Gasteiger charge is -2.39. The highest BCUT2D eigenvalue weighted by Gasteiger charge is 2.42. The summed E-state index contributed by atoms with van der Waals surface area (Å²) in [5, 5.41) is 4.92. The molecule has 1 aliphatic carbocycles. The van der Waals surface area contributed by atoms with E-state index in [0.717, 1.165) is 47.9 Å². The van der Waals surface area contributed by atoms with Crippen LogP contribution in [-0.2, 0) is 6.61 Å². The van der Waals surface area contributed by atoms with E-state index in [1.165, 1.54) is 3.57 Å². The summed E-state index contributed by atoms with van der Waals surface area (Å²) in [6.45, 7) is 2.30. The van der Waals surface area contributed by atoms with Crippen LogP contribution in [0.25, 0.3) is 5.69 Å². The van der Waals surface area contributed by atoms with Crippen molar-refractivity contribution in [3.05, 3.63) is 75.1 Å². The maximum absolute atomic E-state index is 13.2. The number of Topliss-reactive ketones (excluding diaryl/α,β-unsaturated/α-hetero) is 1. The topological polar surface area (TPSA) is 47.4 Å². The number of carbonyl (C=O) groups excluding carboxylic acids is 1. The first-order chi connectivity index (χ1) is 14.6. The van der Waals surface area contributed by atoms with E-state index >= 15 is 0 Å². The predicted molar refractivity (Wildman–Crippen MR) is 124 cm³/mol. The summed E-state index contributed by atoms with van der Waals surface area (Å²) in [6.07, 6.45) is 1.67. The van der Waals surface area contributed by atoms with Crippen LogP contribution in [-0.4, -0.2) is 40.6 Å². The maximum atomic E-state index is 13.2. The van der Waals surface area contributed by atoms with Crippen molar-refractivity contribution in [2.75, 3.05) is 20.1 Å². The second-order valence-corrected chi connectivity index (χ2v) is 9.49. The summed E-state index contributed by atoms with van der Waals surface area (Å²) in [5.74, 6) is 1.70. The number of hydrogen-bond acceptors (Lipinski definition) is 4. The number of ether oxygens (including phenoxy) is 1. The quantitative estimate of drug-likeness (QED) is 0.476. The molecule has 2 aromatic carbocycles. The first kappa shape index (κ1) is 19.8. The van der Waals surface area contributed by atoms with Crippen LogP contribution in [0.3, 0.4) is 0 Å². The molecule has 0 amide bonds. The zero-order chi connectivity index (χ0) is 20.7. The normalized spacial score (nSPS) is 21.2. The molecule has 5 nitrogen and oxygen atoms in total. The van der Waals surface area contributed by atoms with Crippen molar-refractivity contribution in [2.45, 2.75) is 25.4 Å². The Bertz CT molecular complexity index is 1060. The Kier molecular flexibility index (Phi) is 5.37. The Balaban J connectivity index is 1.59. The molecule has 30 heavy (non-hydrogen) atoms. The van der Waals surface area contributed by atoms with Crippen molar-refractivity contribution in [3.8, 4) is 11.4 Å². The van der Waals surface area contributed by atoms with E-state index < -0.39 is 0 Å². The number of aromatic nitrogens is 2. The molecule has 5 rings (SSSR count). The van der Waals surface area contributed by atoms with E-state index in [1.54, 1.807) is 0 Å². The van der Waals surface area contributed by atoms with Crippen molar-refractivity contribution in [3.63, 3.8) is 0 Å². The highest BCUT2D eigenvalue weighted by molar-refractivity contribution is 14.1. The molecule has 2 atom stereocenters. The van der Waals surface area contributed by atoms with Crippen LogP contribution in [0.2, 0.25) is 0 Å². The third-order valence-electron chi connectivity index (χ3n) is 6.22. The van der Waals surface area contributed by atoms with E-state index in [1.807, 2.05) is 35.0 Å². The lowest BCUT2D eigenvalue weighted by atomic mass is 9.73. The van der Waals surface area contributed by atoms with Crippen molar-refractivity contribution in [1.82, 2.24) is 14.7 Å². The van der Waals surface area contributed by atoms with Crippen LogP contribution >= 0.6 is 22.6 Å². The van der Waals surface area contributed by atoms with Gasteiger partial charge in [0.05, 0.1) is 16.9 Å². The molecule has 0 bridgehead atoms. The molecule has 6 heteroatoms. The molecule has 0 radical (unpaired) electrons. The molecule has 0 saturated carbocycles. The minimum Gasteiger partial charge on any atom is -0.487 e. The smallest absolute Gasteiger partial charge is 0.167 e. The average Bonchev–Trinajstić information content (AvgIpc) is 3.15. The van der Waals surface area contributed by atoms with Crippen LogP contribution in [0.15, 0.2) is 54.6 Å². The molecule has 1 saturated heterocycles. The zero-order valence-corrected chi connectivity index (χ0v) is 19.1. The van der Waals surface area contributed by atoms with Gasteiger partial charge in [-0.1, -0.05) is 18.2 Å². The fraction of sp³-hybridized carbons (Fsp3) is 0.333. The van der Waals surface area contributed by atoms with Crippen LogP contribution in [0.4, 0.5) is 0 Å². The summed E-state index contributed by atoms with van der Waals surface area (Å²) in [5.41, 5.74) is 3.58. The van der Waals surface area contributed by atoms with Crippen LogP contribution in [0, 0.1) is 9.49 Å². The van der Waals surface area contributed by atoms with Gasteiger partial charge in [-0.25, -0.2) is 4.68 Å². The number of likely N-dealkylation sites (tertiary alicyclic amines) is 1. The third-order valence-corrected chi connectivity index (χ3v) is 6.94. The summed E-state index contributed by atoms with van der Waals surface area (Å²) in [6, 6.07) is 18.0. The van der Waals surface area contributed by atoms with Gasteiger partial charge in [0, 0.05) is 22.5 Å². The number of carbonyl (C=O) groups is 1. The Hall–Kier alpha value is -2.19. The number of nitrogens with zero attached hydrogens (tertiary/aromatic N) is 3. The number of benzene rings is 2. The highest BCUT2D eigenvalue weighted by Crippen LogP contribution is 2.43. The van der Waals surface area contributed by atoms with Crippen molar-refractivity contribution >= 4 is 28.4 Å². The zero-order valence-electron chi connectivity index (χ0n) is 16.9. The molecule has 1 aromatic heterocycles. The number of piperidine rings is 1. The van der Waals surface area contributed by atoms with Gasteiger partial charge in [-0.05, 0) is 84.9 Å². The van der Waals surface area contributed by atoms with E-state index in [2.05, 4.69) is 58.8 Å². The molecular weight excluding hydrogens is 489 g/mol. The summed E-state index contributed by atoms with van der Waals surface area (Å²) in [4.78, 5) is 15.6. The van der Waals surface area contributed by atoms with E-state index in [9.17, 15) is 4.79 Å². The first-order valence-electron chi connectivity index (χ1n) is 10.4. The molecule has 2 unspecified atom stereocenters. The Morgan fingerprint density at radius 3 is 2.67 bits per heavy atom. The van der Waals surface area contributed by atoms with Gasteiger partial charge < -0.3 is 9.64 Å². The standard InChI is InChI=1S/C24H24IN3O2/c1-27-12-11-16-13-22(29)23-21(15-30-19-5-3-2-4-6-19)26-28(24(23)20(16)14-27)18-9-7-17(25)8-10-18/h2-10,16,20H,11-15H2,1H3. The lowest BCUT2D eigenvalue weighted by molar-refractivity contribution is 0.0880. The third kappa shape index (κ3) is 3.67. The Labute approximate surface area is 190 Å².